The number of nitrogens with one attached hydrogen (secondary N) is 3. The lowest BCUT2D eigenvalue weighted by Gasteiger charge is -2.15. The van der Waals surface area contributed by atoms with Gasteiger partial charge in [-0.3, -0.25) is 9.79 Å². The van der Waals surface area contributed by atoms with Crippen molar-refractivity contribution in [2.24, 2.45) is 10.7 Å². The largest absolute Gasteiger partial charge is 0.403 e. The van der Waals surface area contributed by atoms with E-state index in [0.717, 1.165) is 6.08 Å². The molecule has 0 fully saturated rings. The lowest BCUT2D eigenvalue weighted by atomic mass is 10.1. The van der Waals surface area contributed by atoms with Gasteiger partial charge >= 0.3 is 0 Å². The Morgan fingerprint density at radius 3 is 2.69 bits per heavy atom. The molecule has 2 aromatic carbocycles. The molecular weight excluding hydrogens is 508 g/mol. The summed E-state index contributed by atoms with van der Waals surface area (Å²) in [5.41, 5.74) is 7.51. The van der Waals surface area contributed by atoms with Gasteiger partial charge in [-0.25, -0.2) is 9.37 Å². The summed E-state index contributed by atoms with van der Waals surface area (Å²) in [6.07, 6.45) is 5.30. The highest BCUT2D eigenvalue weighted by Crippen LogP contribution is 2.34. The number of carbonyl (C=O) groups is 1. The lowest BCUT2D eigenvalue weighted by molar-refractivity contribution is -0.111. The van der Waals surface area contributed by atoms with Crippen LogP contribution in [-0.4, -0.2) is 40.3 Å². The number of nitrogens with zero attached hydrogens (tertiary/aromatic N) is 3. The topological polar surface area (TPSA) is 138 Å². The average molecular weight is 530 g/mol. The minimum Gasteiger partial charge on any atom is -0.403 e. The van der Waals surface area contributed by atoms with Crippen molar-refractivity contribution in [1.82, 2.24) is 9.97 Å². The molecule has 12 heteroatoms. The maximum Gasteiger partial charge on any atom is 0.247 e. The predicted molar refractivity (Wildman–Crippen MR) is 142 cm³/mol. The van der Waals surface area contributed by atoms with Gasteiger partial charge in [-0.2, -0.15) is 4.98 Å². The summed E-state index contributed by atoms with van der Waals surface area (Å²) < 4.78 is 14.7. The minimum absolute atomic E-state index is 0.0434. The third-order valence-electron chi connectivity index (χ3n) is 4.59. The van der Waals surface area contributed by atoms with Crippen molar-refractivity contribution >= 4 is 58.5 Å². The Morgan fingerprint density at radius 1 is 1.19 bits per heavy atom. The van der Waals surface area contributed by atoms with E-state index >= 15 is 0 Å². The van der Waals surface area contributed by atoms with E-state index in [2.05, 4.69) is 37.5 Å². The molecule has 36 heavy (non-hydrogen) atoms. The van der Waals surface area contributed by atoms with E-state index in [0.29, 0.717) is 32.6 Å². The summed E-state index contributed by atoms with van der Waals surface area (Å²) in [5.74, 6) is -0.675. The van der Waals surface area contributed by atoms with Gasteiger partial charge in [-0.1, -0.05) is 35.8 Å². The summed E-state index contributed by atoms with van der Waals surface area (Å²) in [5, 5.41) is 18.0. The van der Waals surface area contributed by atoms with E-state index in [-0.39, 0.29) is 30.6 Å². The van der Waals surface area contributed by atoms with Gasteiger partial charge in [0.1, 0.15) is 11.6 Å². The molecule has 0 saturated carbocycles. The number of aliphatic imine (C=N–C) groups is 1. The minimum atomic E-state index is -0.585. The summed E-state index contributed by atoms with van der Waals surface area (Å²) in [4.78, 5) is 24.5. The second kappa shape index (κ2) is 12.6. The fourth-order valence-corrected chi connectivity index (χ4v) is 3.20. The molecule has 0 aliphatic heterocycles. The summed E-state index contributed by atoms with van der Waals surface area (Å²) in [6, 6.07) is 9.00. The zero-order valence-corrected chi connectivity index (χ0v) is 20.3. The normalized spacial score (nSPS) is 11.4. The van der Waals surface area contributed by atoms with Crippen LogP contribution in [0.3, 0.4) is 0 Å². The van der Waals surface area contributed by atoms with Crippen molar-refractivity contribution in [1.29, 1.82) is 0 Å². The van der Waals surface area contributed by atoms with Crippen LogP contribution in [0.15, 0.2) is 72.1 Å². The van der Waals surface area contributed by atoms with E-state index in [9.17, 15) is 9.18 Å². The van der Waals surface area contributed by atoms with Gasteiger partial charge in [0.2, 0.25) is 11.9 Å². The van der Waals surface area contributed by atoms with Crippen LogP contribution in [0, 0.1) is 5.82 Å². The van der Waals surface area contributed by atoms with E-state index in [1.165, 1.54) is 36.8 Å². The molecule has 1 heterocycles. The summed E-state index contributed by atoms with van der Waals surface area (Å²) in [6.45, 7) is 3.49. The Kier molecular flexibility index (Phi) is 9.34. The molecule has 9 nitrogen and oxygen atoms in total. The van der Waals surface area contributed by atoms with Crippen LogP contribution in [0.2, 0.25) is 10.0 Å². The molecule has 0 aliphatic carbocycles. The lowest BCUT2D eigenvalue weighted by Crippen LogP contribution is -2.10. The van der Waals surface area contributed by atoms with E-state index < -0.39 is 11.7 Å². The first kappa shape index (κ1) is 26.6. The van der Waals surface area contributed by atoms with Crippen molar-refractivity contribution in [3.63, 3.8) is 0 Å². The number of hydrogen-bond donors (Lipinski definition) is 5. The number of benzene rings is 2. The molecule has 0 unspecified atom stereocenters. The third kappa shape index (κ3) is 7.01. The predicted octanol–water partition coefficient (Wildman–Crippen LogP) is 4.73. The molecule has 186 valence electrons. The molecular formula is C24H22Cl2FN7O2. The van der Waals surface area contributed by atoms with Crippen LogP contribution in [-0.2, 0) is 4.79 Å². The van der Waals surface area contributed by atoms with Crippen LogP contribution in [0.1, 0.15) is 0 Å². The quantitative estimate of drug-likeness (QED) is 0.189. The van der Waals surface area contributed by atoms with Crippen molar-refractivity contribution in [2.75, 3.05) is 29.1 Å². The molecule has 0 atom stereocenters. The number of allylic oxidation sites excluding steroid dienone is 1. The summed E-state index contributed by atoms with van der Waals surface area (Å²) >= 11 is 12.3. The van der Waals surface area contributed by atoms with Gasteiger partial charge in [0, 0.05) is 29.9 Å². The van der Waals surface area contributed by atoms with Gasteiger partial charge in [-0.05, 0) is 42.0 Å². The first-order valence-electron chi connectivity index (χ1n) is 10.5. The van der Waals surface area contributed by atoms with Gasteiger partial charge in [0.25, 0.3) is 0 Å². The Hall–Kier alpha value is -3.99. The number of aliphatic hydroxyl groups is 1. The van der Waals surface area contributed by atoms with Crippen LogP contribution < -0.4 is 21.7 Å². The summed E-state index contributed by atoms with van der Waals surface area (Å²) in [7, 11) is 0. The Labute approximate surface area is 216 Å². The Bertz CT molecular complexity index is 1330. The number of carbonyl (C=O) groups excluding carboxylic acids is 1. The number of amides is 1. The highest BCUT2D eigenvalue weighted by Gasteiger charge is 2.14. The molecule has 0 aliphatic rings. The number of aliphatic hydroxyl groups excluding tert-OH is 1. The number of aromatic nitrogens is 2. The number of anilines is 4. The molecule has 0 bridgehead atoms. The number of rotatable bonds is 10. The van der Waals surface area contributed by atoms with Gasteiger partial charge in [0.05, 0.1) is 34.6 Å². The van der Waals surface area contributed by atoms with Crippen molar-refractivity contribution < 1.29 is 14.3 Å². The zero-order valence-electron chi connectivity index (χ0n) is 18.8. The fourth-order valence-electron chi connectivity index (χ4n) is 2.90. The fraction of sp³-hybridized carbons (Fsp3) is 0.0833. The Balaban J connectivity index is 2.03. The van der Waals surface area contributed by atoms with Gasteiger partial charge in [0.15, 0.2) is 0 Å². The van der Waals surface area contributed by atoms with Crippen molar-refractivity contribution in [3.05, 3.63) is 83.0 Å². The smallest absolute Gasteiger partial charge is 0.247 e. The van der Waals surface area contributed by atoms with Gasteiger partial charge in [-0.15, -0.1) is 0 Å². The number of halogens is 3. The molecule has 3 aromatic rings. The Morgan fingerprint density at radius 2 is 2.00 bits per heavy atom. The SMILES string of the molecule is C=CC(=O)Nc1ccc(F)c(Nc2nc(N/C(C=NCCO)=C/N)ncc2-c2ccc(Cl)c(Cl)c2)c1. The molecule has 1 amide bonds. The third-order valence-corrected chi connectivity index (χ3v) is 5.33. The van der Waals surface area contributed by atoms with Gasteiger partial charge < -0.3 is 26.8 Å². The highest BCUT2D eigenvalue weighted by molar-refractivity contribution is 6.42. The van der Waals surface area contributed by atoms with Crippen LogP contribution in [0.4, 0.5) is 27.5 Å². The molecule has 0 spiro atoms. The van der Waals surface area contributed by atoms with E-state index in [1.54, 1.807) is 18.2 Å². The molecule has 6 N–H and O–H groups in total. The maximum atomic E-state index is 14.7. The molecule has 1 aromatic heterocycles. The van der Waals surface area contributed by atoms with Crippen LogP contribution in [0.25, 0.3) is 11.1 Å². The zero-order chi connectivity index (χ0) is 26.1. The van der Waals surface area contributed by atoms with Crippen molar-refractivity contribution in [2.45, 2.75) is 0 Å². The molecule has 3 rings (SSSR count). The number of nitrogens with two attached hydrogens (primary N) is 1. The first-order valence-corrected chi connectivity index (χ1v) is 11.2. The highest BCUT2D eigenvalue weighted by atomic mass is 35.5. The monoisotopic (exact) mass is 529 g/mol. The van der Waals surface area contributed by atoms with E-state index in [4.69, 9.17) is 34.0 Å². The molecule has 0 saturated heterocycles. The maximum absolute atomic E-state index is 14.7. The average Bonchev–Trinajstić information content (AvgIpc) is 2.87. The van der Waals surface area contributed by atoms with Crippen molar-refractivity contribution in [3.8, 4) is 11.1 Å². The number of hydrogen-bond acceptors (Lipinski definition) is 8. The first-order chi connectivity index (χ1) is 17.3. The van der Waals surface area contributed by atoms with Crippen LogP contribution in [0.5, 0.6) is 0 Å². The molecule has 0 radical (unpaired) electrons. The second-order valence-electron chi connectivity index (χ2n) is 7.10. The second-order valence-corrected chi connectivity index (χ2v) is 7.92. The standard InChI is InChI=1S/C24H22Cl2FN7O2/c1-2-22(36)31-15-4-6-20(27)21(10-15)33-23-17(14-3-5-18(25)19(26)9-14)13-30-24(34-23)32-16(11-28)12-29-7-8-35/h2-6,9-13,35H,1,7-8,28H2,(H,31,36)(H2,30,32,33,34)/b16-11+,29-12?. The van der Waals surface area contributed by atoms with E-state index in [1.807, 2.05) is 0 Å². The van der Waals surface area contributed by atoms with Crippen LogP contribution >= 0.6 is 23.2 Å².